The molecule has 0 aliphatic rings. The number of aryl methyl sites for hydroxylation is 1. The molecule has 0 radical (unpaired) electrons. The molecule has 0 aromatic heterocycles. The molecule has 0 aliphatic carbocycles. The average Bonchev–Trinajstić information content (AvgIpc) is 2.17. The lowest BCUT2D eigenvalue weighted by molar-refractivity contribution is 0.0962. The third-order valence-corrected chi connectivity index (χ3v) is 3.71. The molecule has 0 fully saturated rings. The summed E-state index contributed by atoms with van der Waals surface area (Å²) >= 11 is 0. The molecular formula is C11H14O4S. The van der Waals surface area contributed by atoms with Gasteiger partial charge in [-0.15, -0.1) is 0 Å². The third-order valence-electron chi connectivity index (χ3n) is 2.31. The van der Waals surface area contributed by atoms with E-state index in [4.69, 9.17) is 5.11 Å². The van der Waals surface area contributed by atoms with Gasteiger partial charge in [0.05, 0.1) is 6.61 Å². The van der Waals surface area contributed by atoms with E-state index in [0.29, 0.717) is 5.56 Å². The van der Waals surface area contributed by atoms with Crippen LogP contribution in [0.15, 0.2) is 24.3 Å². The minimum Gasteiger partial charge on any atom is -0.395 e. The van der Waals surface area contributed by atoms with Gasteiger partial charge in [0.15, 0.2) is 15.6 Å². The molecule has 1 N–H and O–H groups in total. The van der Waals surface area contributed by atoms with E-state index in [2.05, 4.69) is 0 Å². The van der Waals surface area contributed by atoms with Crippen LogP contribution < -0.4 is 0 Å². The minimum atomic E-state index is -3.57. The van der Waals surface area contributed by atoms with Crippen LogP contribution in [-0.2, 0) is 9.84 Å². The minimum absolute atomic E-state index is 0.301. The van der Waals surface area contributed by atoms with Crippen molar-refractivity contribution in [2.24, 2.45) is 0 Å². The topological polar surface area (TPSA) is 71.4 Å². The average molecular weight is 242 g/mol. The highest BCUT2D eigenvalue weighted by Gasteiger charge is 2.28. The first-order valence-corrected chi connectivity index (χ1v) is 6.72. The molecule has 0 aliphatic heterocycles. The van der Waals surface area contributed by atoms with Gasteiger partial charge in [-0.25, -0.2) is 8.42 Å². The molecule has 0 amide bonds. The number of Topliss-reactive ketones (excluding diaryl/α,β-unsaturated/α-hetero) is 1. The summed E-state index contributed by atoms with van der Waals surface area (Å²) in [6.07, 6.45) is 0.944. The zero-order chi connectivity index (χ0) is 12.3. The van der Waals surface area contributed by atoms with Crippen molar-refractivity contribution < 1.29 is 18.3 Å². The van der Waals surface area contributed by atoms with Crippen molar-refractivity contribution in [2.75, 3.05) is 12.9 Å². The largest absolute Gasteiger partial charge is 0.395 e. The molecule has 16 heavy (non-hydrogen) atoms. The number of rotatable bonds is 4. The van der Waals surface area contributed by atoms with Gasteiger partial charge in [-0.2, -0.15) is 0 Å². The van der Waals surface area contributed by atoms with Gasteiger partial charge in [0.25, 0.3) is 0 Å². The summed E-state index contributed by atoms with van der Waals surface area (Å²) in [6.45, 7) is 1.18. The Labute approximate surface area is 94.8 Å². The lowest BCUT2D eigenvalue weighted by atomic mass is 10.1. The second-order valence-corrected chi connectivity index (χ2v) is 5.96. The van der Waals surface area contributed by atoms with Crippen LogP contribution in [-0.4, -0.2) is 37.4 Å². The zero-order valence-corrected chi connectivity index (χ0v) is 9.99. The smallest absolute Gasteiger partial charge is 0.183 e. The van der Waals surface area contributed by atoms with E-state index in [0.717, 1.165) is 11.8 Å². The number of aliphatic hydroxyl groups is 1. The molecule has 5 heteroatoms. The summed E-state index contributed by atoms with van der Waals surface area (Å²) in [6, 6.07) is 6.57. The molecule has 0 saturated heterocycles. The van der Waals surface area contributed by atoms with Crippen molar-refractivity contribution >= 4 is 15.6 Å². The Bertz CT molecular complexity index is 473. The molecule has 4 nitrogen and oxygen atoms in total. The Hall–Kier alpha value is -1.20. The number of ketones is 1. The van der Waals surface area contributed by atoms with Crippen LogP contribution in [0.1, 0.15) is 15.9 Å². The predicted molar refractivity (Wildman–Crippen MR) is 61.2 cm³/mol. The van der Waals surface area contributed by atoms with Gasteiger partial charge in [0.1, 0.15) is 5.25 Å². The SMILES string of the molecule is Cc1ccc(C(=O)C(CO)S(C)(=O)=O)cc1. The van der Waals surface area contributed by atoms with Gasteiger partial charge in [-0.1, -0.05) is 29.8 Å². The van der Waals surface area contributed by atoms with Crippen LogP contribution in [0.5, 0.6) is 0 Å². The number of hydrogen-bond donors (Lipinski definition) is 1. The van der Waals surface area contributed by atoms with E-state index >= 15 is 0 Å². The maximum Gasteiger partial charge on any atom is 0.183 e. The standard InChI is InChI=1S/C11H14O4S/c1-8-3-5-9(6-4-8)11(13)10(7-12)16(2,14)15/h3-6,10,12H,7H2,1-2H3. The summed E-state index contributed by atoms with van der Waals surface area (Å²) in [5.41, 5.74) is 1.28. The molecule has 1 unspecified atom stereocenters. The van der Waals surface area contributed by atoms with Crippen molar-refractivity contribution in [1.82, 2.24) is 0 Å². The highest BCUT2D eigenvalue weighted by atomic mass is 32.2. The third kappa shape index (κ3) is 2.90. The second kappa shape index (κ2) is 4.76. The van der Waals surface area contributed by atoms with Gasteiger partial charge < -0.3 is 5.11 Å². The summed E-state index contributed by atoms with van der Waals surface area (Å²) < 4.78 is 22.5. The Balaban J connectivity index is 3.06. The summed E-state index contributed by atoms with van der Waals surface area (Å²) in [4.78, 5) is 11.8. The zero-order valence-electron chi connectivity index (χ0n) is 9.17. The number of carbonyl (C=O) groups is 1. The second-order valence-electron chi connectivity index (χ2n) is 3.73. The number of sulfone groups is 1. The highest BCUT2D eigenvalue weighted by Crippen LogP contribution is 2.10. The molecule has 1 aromatic rings. The molecule has 1 rings (SSSR count). The molecule has 0 heterocycles. The molecular weight excluding hydrogens is 228 g/mol. The summed E-state index contributed by atoms with van der Waals surface area (Å²) in [5, 5.41) is 7.58. The molecule has 0 spiro atoms. The van der Waals surface area contributed by atoms with Crippen LogP contribution in [0.3, 0.4) is 0 Å². The van der Waals surface area contributed by atoms with Gasteiger partial charge in [0, 0.05) is 11.8 Å². The summed E-state index contributed by atoms with van der Waals surface area (Å²) in [7, 11) is -3.57. The predicted octanol–water partition coefficient (Wildman–Crippen LogP) is 0.583. The van der Waals surface area contributed by atoms with Crippen LogP contribution in [0.2, 0.25) is 0 Å². The van der Waals surface area contributed by atoms with Crippen molar-refractivity contribution in [2.45, 2.75) is 12.2 Å². The van der Waals surface area contributed by atoms with E-state index in [1.807, 2.05) is 6.92 Å². The van der Waals surface area contributed by atoms with Crippen molar-refractivity contribution in [3.8, 4) is 0 Å². The van der Waals surface area contributed by atoms with Crippen molar-refractivity contribution in [1.29, 1.82) is 0 Å². The van der Waals surface area contributed by atoms with Crippen LogP contribution in [0.25, 0.3) is 0 Å². The van der Waals surface area contributed by atoms with Gasteiger partial charge >= 0.3 is 0 Å². The lowest BCUT2D eigenvalue weighted by Crippen LogP contribution is -2.33. The quantitative estimate of drug-likeness (QED) is 0.784. The number of hydrogen-bond acceptors (Lipinski definition) is 4. The van der Waals surface area contributed by atoms with E-state index in [9.17, 15) is 13.2 Å². The van der Waals surface area contributed by atoms with Crippen molar-refractivity contribution in [3.63, 3.8) is 0 Å². The Morgan fingerprint density at radius 2 is 1.81 bits per heavy atom. The fourth-order valence-electron chi connectivity index (χ4n) is 1.32. The maximum atomic E-state index is 11.8. The molecule has 1 aromatic carbocycles. The van der Waals surface area contributed by atoms with Crippen molar-refractivity contribution in [3.05, 3.63) is 35.4 Å². The van der Waals surface area contributed by atoms with Crippen LogP contribution in [0, 0.1) is 6.92 Å². The number of carbonyl (C=O) groups excluding carboxylic acids is 1. The lowest BCUT2D eigenvalue weighted by Gasteiger charge is -2.10. The molecule has 0 saturated carbocycles. The maximum absolute atomic E-state index is 11.8. The van der Waals surface area contributed by atoms with E-state index in [-0.39, 0.29) is 0 Å². The first kappa shape index (κ1) is 12.9. The molecule has 0 bridgehead atoms. The molecule has 88 valence electrons. The first-order valence-electron chi connectivity index (χ1n) is 4.77. The van der Waals surface area contributed by atoms with Crippen LogP contribution in [0.4, 0.5) is 0 Å². The fourth-order valence-corrected chi connectivity index (χ4v) is 2.11. The number of benzene rings is 1. The first-order chi connectivity index (χ1) is 7.36. The Morgan fingerprint density at radius 3 is 2.19 bits per heavy atom. The van der Waals surface area contributed by atoms with E-state index in [1.165, 1.54) is 0 Å². The Kier molecular flexibility index (Phi) is 3.83. The normalized spacial score (nSPS) is 13.4. The van der Waals surface area contributed by atoms with Gasteiger partial charge in [-0.05, 0) is 6.92 Å². The van der Waals surface area contributed by atoms with E-state index in [1.54, 1.807) is 24.3 Å². The van der Waals surface area contributed by atoms with Gasteiger partial charge in [0.2, 0.25) is 0 Å². The van der Waals surface area contributed by atoms with Crippen LogP contribution >= 0.6 is 0 Å². The van der Waals surface area contributed by atoms with E-state index < -0.39 is 27.5 Å². The summed E-state index contributed by atoms with van der Waals surface area (Å²) in [5.74, 6) is -0.565. The van der Waals surface area contributed by atoms with Gasteiger partial charge in [-0.3, -0.25) is 4.79 Å². The molecule has 1 atom stereocenters. The Morgan fingerprint density at radius 1 is 1.31 bits per heavy atom. The fraction of sp³-hybridized carbons (Fsp3) is 0.364. The monoisotopic (exact) mass is 242 g/mol. The highest BCUT2D eigenvalue weighted by molar-refractivity contribution is 7.92. The number of aliphatic hydroxyl groups excluding tert-OH is 1.